The zero-order valence-electron chi connectivity index (χ0n) is 9.39. The van der Waals surface area contributed by atoms with E-state index in [2.05, 4.69) is 24.9 Å². The van der Waals surface area contributed by atoms with E-state index in [4.69, 9.17) is 11.6 Å². The van der Waals surface area contributed by atoms with Gasteiger partial charge < -0.3 is 5.32 Å². The van der Waals surface area contributed by atoms with Gasteiger partial charge in [-0.05, 0) is 31.0 Å². The topological polar surface area (TPSA) is 12.0 Å². The van der Waals surface area contributed by atoms with Crippen molar-refractivity contribution in [3.63, 3.8) is 0 Å². The summed E-state index contributed by atoms with van der Waals surface area (Å²) in [5.41, 5.74) is 2.29. The first kappa shape index (κ1) is 12.3. The molecule has 15 heavy (non-hydrogen) atoms. The van der Waals surface area contributed by atoms with Crippen molar-refractivity contribution in [3.05, 3.63) is 47.0 Å². The fourth-order valence-corrected chi connectivity index (χ4v) is 1.93. The Morgan fingerprint density at radius 2 is 2.27 bits per heavy atom. The molecule has 0 heterocycles. The van der Waals surface area contributed by atoms with Crippen LogP contribution in [0.2, 0.25) is 5.02 Å². The van der Waals surface area contributed by atoms with Gasteiger partial charge in [0.05, 0.1) is 0 Å². The maximum absolute atomic E-state index is 6.29. The zero-order valence-corrected chi connectivity index (χ0v) is 10.1. The molecule has 2 heteroatoms. The average Bonchev–Trinajstić information content (AvgIpc) is 2.22. The molecule has 0 spiro atoms. The van der Waals surface area contributed by atoms with Gasteiger partial charge in [-0.3, -0.25) is 0 Å². The lowest BCUT2D eigenvalue weighted by Crippen LogP contribution is -2.20. The third-order valence-electron chi connectivity index (χ3n) is 2.45. The molecule has 1 rings (SSSR count). The van der Waals surface area contributed by atoms with Gasteiger partial charge in [0.2, 0.25) is 0 Å². The SMILES string of the molecule is C=CCC(NCC)c1cccc(C)c1Cl. The predicted octanol–water partition coefficient (Wildman–Crippen LogP) is 3.88. The summed E-state index contributed by atoms with van der Waals surface area (Å²) in [4.78, 5) is 0. The van der Waals surface area contributed by atoms with Crippen molar-refractivity contribution in [1.29, 1.82) is 0 Å². The fourth-order valence-electron chi connectivity index (χ4n) is 1.67. The van der Waals surface area contributed by atoms with Crippen molar-refractivity contribution >= 4 is 11.6 Å². The van der Waals surface area contributed by atoms with Crippen molar-refractivity contribution in [2.24, 2.45) is 0 Å². The molecule has 0 aromatic heterocycles. The van der Waals surface area contributed by atoms with Gasteiger partial charge in [0.25, 0.3) is 0 Å². The largest absolute Gasteiger partial charge is 0.310 e. The van der Waals surface area contributed by atoms with E-state index < -0.39 is 0 Å². The van der Waals surface area contributed by atoms with E-state index in [0.717, 1.165) is 23.6 Å². The first-order valence-corrected chi connectivity index (χ1v) is 5.67. The first-order chi connectivity index (χ1) is 7.20. The number of aryl methyl sites for hydroxylation is 1. The Balaban J connectivity index is 2.99. The number of hydrogen-bond acceptors (Lipinski definition) is 1. The Labute approximate surface area is 97.1 Å². The lowest BCUT2D eigenvalue weighted by molar-refractivity contribution is 0.559. The van der Waals surface area contributed by atoms with Crippen LogP contribution in [-0.4, -0.2) is 6.54 Å². The summed E-state index contributed by atoms with van der Waals surface area (Å²) in [6.07, 6.45) is 2.82. The van der Waals surface area contributed by atoms with Gasteiger partial charge in [-0.2, -0.15) is 0 Å². The first-order valence-electron chi connectivity index (χ1n) is 5.30. The molecule has 1 N–H and O–H groups in total. The van der Waals surface area contributed by atoms with Crippen LogP contribution in [0.25, 0.3) is 0 Å². The normalized spacial score (nSPS) is 12.5. The lowest BCUT2D eigenvalue weighted by Gasteiger charge is -2.18. The van der Waals surface area contributed by atoms with Crippen LogP contribution in [0.5, 0.6) is 0 Å². The molecule has 0 amide bonds. The summed E-state index contributed by atoms with van der Waals surface area (Å²) in [6.45, 7) is 8.84. The predicted molar refractivity (Wildman–Crippen MR) is 67.4 cm³/mol. The van der Waals surface area contributed by atoms with Crippen LogP contribution in [0.3, 0.4) is 0 Å². The molecule has 1 nitrogen and oxygen atoms in total. The molecule has 0 aliphatic rings. The third kappa shape index (κ3) is 3.08. The highest BCUT2D eigenvalue weighted by atomic mass is 35.5. The van der Waals surface area contributed by atoms with Crippen LogP contribution in [0.1, 0.15) is 30.5 Å². The summed E-state index contributed by atoms with van der Waals surface area (Å²) in [6, 6.07) is 6.43. The maximum Gasteiger partial charge on any atom is 0.0483 e. The minimum Gasteiger partial charge on any atom is -0.310 e. The van der Waals surface area contributed by atoms with Gasteiger partial charge in [0, 0.05) is 11.1 Å². The van der Waals surface area contributed by atoms with Crippen molar-refractivity contribution in [2.75, 3.05) is 6.54 Å². The summed E-state index contributed by atoms with van der Waals surface area (Å²) >= 11 is 6.29. The minimum atomic E-state index is 0.278. The van der Waals surface area contributed by atoms with Crippen LogP contribution >= 0.6 is 11.6 Å². The molecular weight excluding hydrogens is 206 g/mol. The second-order valence-corrected chi connectivity index (χ2v) is 3.99. The smallest absolute Gasteiger partial charge is 0.0483 e. The number of rotatable bonds is 5. The molecule has 0 aliphatic heterocycles. The van der Waals surface area contributed by atoms with Crippen LogP contribution in [0.15, 0.2) is 30.9 Å². The van der Waals surface area contributed by atoms with E-state index in [0.29, 0.717) is 0 Å². The van der Waals surface area contributed by atoms with Crippen LogP contribution in [-0.2, 0) is 0 Å². The van der Waals surface area contributed by atoms with E-state index in [1.54, 1.807) is 0 Å². The quantitative estimate of drug-likeness (QED) is 0.748. The zero-order chi connectivity index (χ0) is 11.3. The highest BCUT2D eigenvalue weighted by molar-refractivity contribution is 6.32. The highest BCUT2D eigenvalue weighted by Crippen LogP contribution is 2.28. The molecule has 0 aliphatic carbocycles. The van der Waals surface area contributed by atoms with E-state index in [9.17, 15) is 0 Å². The summed E-state index contributed by atoms with van der Waals surface area (Å²) < 4.78 is 0. The van der Waals surface area contributed by atoms with Crippen LogP contribution in [0.4, 0.5) is 0 Å². The van der Waals surface area contributed by atoms with Gasteiger partial charge in [-0.1, -0.05) is 42.8 Å². The molecule has 0 radical (unpaired) electrons. The molecule has 0 saturated carbocycles. The van der Waals surface area contributed by atoms with E-state index >= 15 is 0 Å². The fraction of sp³-hybridized carbons (Fsp3) is 0.385. The molecule has 0 fully saturated rings. The number of nitrogens with one attached hydrogen (secondary N) is 1. The molecule has 1 atom stereocenters. The summed E-state index contributed by atoms with van der Waals surface area (Å²) in [5, 5.41) is 4.28. The monoisotopic (exact) mass is 223 g/mol. The minimum absolute atomic E-state index is 0.278. The molecular formula is C13H18ClN. The van der Waals surface area contributed by atoms with E-state index in [1.165, 1.54) is 5.56 Å². The molecule has 0 bridgehead atoms. The van der Waals surface area contributed by atoms with Crippen molar-refractivity contribution < 1.29 is 0 Å². The number of benzene rings is 1. The van der Waals surface area contributed by atoms with Crippen molar-refractivity contribution in [3.8, 4) is 0 Å². The Morgan fingerprint density at radius 3 is 2.87 bits per heavy atom. The van der Waals surface area contributed by atoms with Crippen molar-refractivity contribution in [1.82, 2.24) is 5.32 Å². The van der Waals surface area contributed by atoms with E-state index in [1.807, 2.05) is 25.1 Å². The number of halogens is 1. The Hall–Kier alpha value is -0.790. The Morgan fingerprint density at radius 1 is 1.53 bits per heavy atom. The average molecular weight is 224 g/mol. The van der Waals surface area contributed by atoms with Gasteiger partial charge in [-0.15, -0.1) is 6.58 Å². The van der Waals surface area contributed by atoms with Gasteiger partial charge in [-0.25, -0.2) is 0 Å². The van der Waals surface area contributed by atoms with Crippen LogP contribution in [0, 0.1) is 6.92 Å². The lowest BCUT2D eigenvalue weighted by atomic mass is 10.0. The second-order valence-electron chi connectivity index (χ2n) is 3.61. The molecule has 1 aromatic rings. The standard InChI is InChI=1S/C13H18ClN/c1-4-7-12(15-5-2)11-9-6-8-10(3)13(11)14/h4,6,8-9,12,15H,1,5,7H2,2-3H3. The molecule has 1 unspecified atom stereocenters. The highest BCUT2D eigenvalue weighted by Gasteiger charge is 2.12. The second kappa shape index (κ2) is 5.94. The van der Waals surface area contributed by atoms with Crippen molar-refractivity contribution in [2.45, 2.75) is 26.3 Å². The van der Waals surface area contributed by atoms with E-state index in [-0.39, 0.29) is 6.04 Å². The Kier molecular flexibility index (Phi) is 4.86. The van der Waals surface area contributed by atoms with Gasteiger partial charge in [0.15, 0.2) is 0 Å². The maximum atomic E-state index is 6.29. The molecule has 1 aromatic carbocycles. The Bertz CT molecular complexity index is 333. The van der Waals surface area contributed by atoms with Gasteiger partial charge in [0.1, 0.15) is 0 Å². The van der Waals surface area contributed by atoms with Gasteiger partial charge >= 0.3 is 0 Å². The summed E-state index contributed by atoms with van der Waals surface area (Å²) in [7, 11) is 0. The van der Waals surface area contributed by atoms with Crippen LogP contribution < -0.4 is 5.32 Å². The molecule has 0 saturated heterocycles. The third-order valence-corrected chi connectivity index (χ3v) is 2.97. The summed E-state index contributed by atoms with van der Waals surface area (Å²) in [5.74, 6) is 0. The molecule has 82 valence electrons. The number of hydrogen-bond donors (Lipinski definition) is 1.